The molecule has 0 unspecified atom stereocenters. The highest BCUT2D eigenvalue weighted by molar-refractivity contribution is 6.31. The van der Waals surface area contributed by atoms with Crippen molar-refractivity contribution in [2.45, 2.75) is 173 Å². The summed E-state index contributed by atoms with van der Waals surface area (Å²) in [6.45, 7) is 40.2. The summed E-state index contributed by atoms with van der Waals surface area (Å²) in [5, 5.41) is 3.26. The number of hydrogen-bond acceptors (Lipinski definition) is 1. The van der Waals surface area contributed by atoms with Gasteiger partial charge in [0.15, 0.2) is 11.6 Å². The van der Waals surface area contributed by atoms with Crippen LogP contribution in [0.4, 0.5) is 13.2 Å². The molecule has 7 aromatic rings. The van der Waals surface area contributed by atoms with E-state index < -0.39 is 17.5 Å². The second-order valence-corrected chi connectivity index (χ2v) is 23.3. The van der Waals surface area contributed by atoms with E-state index in [-0.39, 0.29) is 11.5 Å². The fourth-order valence-corrected chi connectivity index (χ4v) is 9.20. The van der Waals surface area contributed by atoms with Crippen molar-refractivity contribution in [2.24, 2.45) is 0 Å². The van der Waals surface area contributed by atoms with Crippen LogP contribution in [-0.4, -0.2) is 7.11 Å². The van der Waals surface area contributed by atoms with Gasteiger partial charge in [-0.25, -0.2) is 13.2 Å². The van der Waals surface area contributed by atoms with Gasteiger partial charge in [-0.1, -0.05) is 228 Å². The predicted molar refractivity (Wildman–Crippen MR) is 334 cm³/mol. The second-order valence-electron chi connectivity index (χ2n) is 21.6. The van der Waals surface area contributed by atoms with Crippen molar-refractivity contribution >= 4 is 46.4 Å². The molecule has 8 heteroatoms. The van der Waals surface area contributed by atoms with Crippen LogP contribution in [0.25, 0.3) is 0 Å². The lowest BCUT2D eigenvalue weighted by Gasteiger charge is -2.11. The van der Waals surface area contributed by atoms with E-state index in [0.717, 1.165) is 31.9 Å². The Bertz CT molecular complexity index is 2590. The Balaban J connectivity index is 0.000000450. The monoisotopic (exact) mass is 1130 g/mol. The average Bonchev–Trinajstić information content (AvgIpc) is 3.33. The van der Waals surface area contributed by atoms with E-state index in [1.54, 1.807) is 21.0 Å². The Morgan fingerprint density at radius 3 is 1.03 bits per heavy atom. The van der Waals surface area contributed by atoms with Crippen LogP contribution < -0.4 is 4.74 Å². The summed E-state index contributed by atoms with van der Waals surface area (Å²) in [6, 6.07) is 42.7. The largest absolute Gasteiger partial charge is 0.496 e. The molecule has 0 saturated heterocycles. The standard InChI is InChI=1S/C11H16.C10H13ClO.3C10H13Cl.C9H9F3.C9H12/c1-8(2)11-6-5-9(3)7-10(11)4;1-7(2)9-5-4-8(11)6-10(9)12-3;2*1-7(2)10-5-4-9(11)6-8(10)3;1-7(2)9-5-4-8(3)6-10(9)11;1-5(2)6-3-8(11)9(12)4-7(6)10;1-8(2)9-6-4-3-5-7-9/h5-8H,1-4H3;4-7H,1-3H3;3*4-7H,1-3H3;3-5H,1-2H3;3-8H,1-2H3. The highest BCUT2D eigenvalue weighted by Crippen LogP contribution is 2.30. The molecule has 1 nitrogen and oxygen atoms in total. The first-order chi connectivity index (χ1) is 35.9. The first kappa shape index (κ1) is 70.3. The lowest BCUT2D eigenvalue weighted by Crippen LogP contribution is -1.96. The molecule has 420 valence electrons. The minimum atomic E-state index is -1.14. The van der Waals surface area contributed by atoms with E-state index in [9.17, 15) is 13.2 Å². The summed E-state index contributed by atoms with van der Waals surface area (Å²) >= 11 is 23.5. The number of hydrogen-bond donors (Lipinski definition) is 0. The van der Waals surface area contributed by atoms with Crippen molar-refractivity contribution in [2.75, 3.05) is 7.11 Å². The van der Waals surface area contributed by atoms with Crippen LogP contribution in [0.2, 0.25) is 20.1 Å². The molecule has 77 heavy (non-hydrogen) atoms. The molecule has 0 atom stereocenters. The molecule has 0 N–H and O–H groups in total. The maximum Gasteiger partial charge on any atom is 0.161 e. The van der Waals surface area contributed by atoms with Gasteiger partial charge in [-0.05, 0) is 186 Å². The Labute approximate surface area is 484 Å². The van der Waals surface area contributed by atoms with Crippen LogP contribution in [0.1, 0.15) is 205 Å². The van der Waals surface area contributed by atoms with E-state index in [4.69, 9.17) is 51.1 Å². The molecule has 0 bridgehead atoms. The second kappa shape index (κ2) is 35.7. The minimum Gasteiger partial charge on any atom is -0.496 e. The number of benzene rings is 7. The van der Waals surface area contributed by atoms with Crippen LogP contribution in [0.5, 0.6) is 5.75 Å². The van der Waals surface area contributed by atoms with Gasteiger partial charge in [0.25, 0.3) is 0 Å². The molecule has 0 aliphatic carbocycles. The zero-order chi connectivity index (χ0) is 58.9. The van der Waals surface area contributed by atoms with Gasteiger partial charge in [-0.15, -0.1) is 0 Å². The van der Waals surface area contributed by atoms with Gasteiger partial charge in [0.05, 0.1) is 7.11 Å². The van der Waals surface area contributed by atoms with Gasteiger partial charge in [0.2, 0.25) is 0 Å². The maximum atomic E-state index is 12.9. The molecule has 0 spiro atoms. The van der Waals surface area contributed by atoms with Crippen LogP contribution in [0, 0.1) is 52.1 Å². The molecule has 0 aromatic heterocycles. The fourth-order valence-electron chi connectivity index (χ4n) is 8.13. The summed E-state index contributed by atoms with van der Waals surface area (Å²) in [7, 11) is 1.66. The highest BCUT2D eigenvalue weighted by Gasteiger charge is 2.12. The predicted octanol–water partition coefficient (Wildman–Crippen LogP) is 24.3. The van der Waals surface area contributed by atoms with E-state index in [1.165, 1.54) is 61.2 Å². The van der Waals surface area contributed by atoms with Gasteiger partial charge in [0.1, 0.15) is 11.6 Å². The van der Waals surface area contributed by atoms with Gasteiger partial charge in [-0.3, -0.25) is 0 Å². The fraction of sp³-hybridized carbons (Fsp3) is 0.391. The number of rotatable bonds is 8. The van der Waals surface area contributed by atoms with E-state index in [0.29, 0.717) is 41.6 Å². The van der Waals surface area contributed by atoms with Gasteiger partial charge in [-0.2, -0.15) is 0 Å². The molecule has 0 heterocycles. The third-order valence-electron chi connectivity index (χ3n) is 12.5. The first-order valence-electron chi connectivity index (χ1n) is 26.8. The maximum absolute atomic E-state index is 12.9. The van der Waals surface area contributed by atoms with E-state index in [2.05, 4.69) is 184 Å². The van der Waals surface area contributed by atoms with Crippen molar-refractivity contribution in [1.29, 1.82) is 0 Å². The molecular formula is C69H89Cl4F3O. The summed E-state index contributed by atoms with van der Waals surface area (Å²) in [4.78, 5) is 0. The Hall–Kier alpha value is -4.71. The summed E-state index contributed by atoms with van der Waals surface area (Å²) in [5.41, 5.74) is 14.8. The van der Waals surface area contributed by atoms with Crippen LogP contribution >= 0.6 is 46.4 Å². The van der Waals surface area contributed by atoms with Crippen molar-refractivity contribution in [3.8, 4) is 5.75 Å². The normalized spacial score (nSPS) is 10.6. The minimum absolute atomic E-state index is 0.139. The lowest BCUT2D eigenvalue weighted by molar-refractivity contribution is 0.407. The Kier molecular flexibility index (Phi) is 32.6. The van der Waals surface area contributed by atoms with Crippen LogP contribution in [0.3, 0.4) is 0 Å². The number of methoxy groups -OCH3 is 1. The molecule has 0 fully saturated rings. The highest BCUT2D eigenvalue weighted by atomic mass is 35.5. The van der Waals surface area contributed by atoms with Crippen molar-refractivity contribution in [3.05, 3.63) is 238 Å². The van der Waals surface area contributed by atoms with Crippen LogP contribution in [0.15, 0.2) is 133 Å². The quantitative estimate of drug-likeness (QED) is 0.138. The third-order valence-corrected chi connectivity index (χ3v) is 13.5. The van der Waals surface area contributed by atoms with Crippen LogP contribution in [-0.2, 0) is 0 Å². The van der Waals surface area contributed by atoms with E-state index in [1.807, 2.05) is 54.6 Å². The summed E-state index contributed by atoms with van der Waals surface area (Å²) < 4.78 is 43.1. The zero-order valence-electron chi connectivity index (χ0n) is 49.8. The molecule has 0 aliphatic heterocycles. The van der Waals surface area contributed by atoms with Crippen molar-refractivity contribution in [1.82, 2.24) is 0 Å². The Morgan fingerprint density at radius 1 is 0.325 bits per heavy atom. The first-order valence-corrected chi connectivity index (χ1v) is 28.3. The average molecular weight is 1130 g/mol. The Morgan fingerprint density at radius 2 is 0.675 bits per heavy atom. The number of aryl methyl sites for hydroxylation is 5. The topological polar surface area (TPSA) is 9.23 Å². The molecule has 0 aliphatic rings. The summed E-state index contributed by atoms with van der Waals surface area (Å²) in [6.07, 6.45) is 0. The number of halogens is 7. The number of ether oxygens (including phenoxy) is 1. The smallest absolute Gasteiger partial charge is 0.161 e. The zero-order valence-corrected chi connectivity index (χ0v) is 52.8. The molecule has 7 aromatic carbocycles. The third kappa shape index (κ3) is 26.2. The summed E-state index contributed by atoms with van der Waals surface area (Å²) in [5.74, 6) is 1.38. The molecular weight excluding hydrogens is 1040 g/mol. The van der Waals surface area contributed by atoms with Gasteiger partial charge in [0, 0.05) is 26.2 Å². The molecule has 0 radical (unpaired) electrons. The lowest BCUT2D eigenvalue weighted by atomic mass is 9.97. The SMILES string of the molecule is CC(C)c1cc(F)c(F)cc1F.CC(C)c1ccccc1.COc1cc(Cl)ccc1C(C)C.Cc1cc(Cl)ccc1C(C)C.Cc1cc(Cl)ccc1C(C)C.Cc1ccc(C(C)C)c(C)c1.Cc1ccc(C(C)C)c(Cl)c1. The van der Waals surface area contributed by atoms with E-state index >= 15 is 0 Å². The molecule has 7 rings (SSSR count). The van der Waals surface area contributed by atoms with Crippen molar-refractivity contribution < 1.29 is 17.9 Å². The van der Waals surface area contributed by atoms with Gasteiger partial charge < -0.3 is 4.74 Å². The molecule has 0 saturated carbocycles. The van der Waals surface area contributed by atoms with Crippen molar-refractivity contribution in [3.63, 3.8) is 0 Å². The van der Waals surface area contributed by atoms with Gasteiger partial charge >= 0.3 is 0 Å². The molecule has 0 amide bonds.